The molecule has 122 valence electrons. The second-order valence-corrected chi connectivity index (χ2v) is 7.12. The SMILES string of the molecule is Cc1ccc(C(N)C(=O)Nc2cccc(CS(C)=O)c2C)cc1. The van der Waals surface area contributed by atoms with Gasteiger partial charge in [-0.25, -0.2) is 0 Å². The molecule has 2 aromatic carbocycles. The highest BCUT2D eigenvalue weighted by Crippen LogP contribution is 2.22. The molecule has 0 heterocycles. The average molecular weight is 330 g/mol. The predicted molar refractivity (Wildman–Crippen MR) is 95.7 cm³/mol. The lowest BCUT2D eigenvalue weighted by molar-refractivity contribution is -0.117. The molecule has 0 saturated heterocycles. The van der Waals surface area contributed by atoms with Gasteiger partial charge in [-0.05, 0) is 36.6 Å². The lowest BCUT2D eigenvalue weighted by atomic mass is 10.0. The molecule has 0 aliphatic carbocycles. The van der Waals surface area contributed by atoms with Crippen LogP contribution in [0.3, 0.4) is 0 Å². The van der Waals surface area contributed by atoms with Crippen molar-refractivity contribution in [3.8, 4) is 0 Å². The maximum absolute atomic E-state index is 12.4. The third kappa shape index (κ3) is 4.50. The molecule has 0 radical (unpaired) electrons. The fourth-order valence-electron chi connectivity index (χ4n) is 2.33. The molecule has 2 rings (SSSR count). The van der Waals surface area contributed by atoms with Crippen LogP contribution < -0.4 is 11.1 Å². The molecule has 5 heteroatoms. The van der Waals surface area contributed by atoms with Gasteiger partial charge in [0.25, 0.3) is 0 Å². The van der Waals surface area contributed by atoms with E-state index < -0.39 is 16.8 Å². The summed E-state index contributed by atoms with van der Waals surface area (Å²) in [5, 5.41) is 2.87. The van der Waals surface area contributed by atoms with Gasteiger partial charge in [0, 0.05) is 28.5 Å². The van der Waals surface area contributed by atoms with E-state index in [0.717, 1.165) is 22.3 Å². The van der Waals surface area contributed by atoms with E-state index >= 15 is 0 Å². The highest BCUT2D eigenvalue weighted by molar-refractivity contribution is 7.83. The Morgan fingerprint density at radius 1 is 1.17 bits per heavy atom. The van der Waals surface area contributed by atoms with E-state index in [0.29, 0.717) is 11.4 Å². The Labute approximate surface area is 139 Å². The Morgan fingerprint density at radius 2 is 1.83 bits per heavy atom. The minimum Gasteiger partial charge on any atom is -0.324 e. The van der Waals surface area contributed by atoms with Crippen LogP contribution in [0.4, 0.5) is 5.69 Å². The van der Waals surface area contributed by atoms with Crippen LogP contribution in [0.2, 0.25) is 0 Å². The average Bonchev–Trinajstić information content (AvgIpc) is 2.51. The van der Waals surface area contributed by atoms with Crippen molar-refractivity contribution in [1.82, 2.24) is 0 Å². The Morgan fingerprint density at radius 3 is 2.43 bits per heavy atom. The van der Waals surface area contributed by atoms with Crippen LogP contribution in [-0.4, -0.2) is 16.4 Å². The van der Waals surface area contributed by atoms with E-state index in [-0.39, 0.29) is 5.91 Å². The second kappa shape index (κ2) is 7.53. The molecule has 3 N–H and O–H groups in total. The van der Waals surface area contributed by atoms with Crippen LogP contribution in [0.25, 0.3) is 0 Å². The van der Waals surface area contributed by atoms with E-state index in [1.54, 1.807) is 6.26 Å². The van der Waals surface area contributed by atoms with Crippen molar-refractivity contribution < 1.29 is 9.00 Å². The zero-order valence-corrected chi connectivity index (χ0v) is 14.4. The van der Waals surface area contributed by atoms with Crippen LogP contribution in [0.5, 0.6) is 0 Å². The first kappa shape index (κ1) is 17.4. The van der Waals surface area contributed by atoms with E-state index in [9.17, 15) is 9.00 Å². The highest BCUT2D eigenvalue weighted by atomic mass is 32.2. The number of carbonyl (C=O) groups excluding carboxylic acids is 1. The van der Waals surface area contributed by atoms with E-state index in [1.807, 2.05) is 56.3 Å². The van der Waals surface area contributed by atoms with Crippen molar-refractivity contribution in [2.75, 3.05) is 11.6 Å². The maximum atomic E-state index is 12.4. The number of hydrogen-bond donors (Lipinski definition) is 2. The zero-order valence-electron chi connectivity index (χ0n) is 13.6. The fraction of sp³-hybridized carbons (Fsp3) is 0.278. The first-order valence-corrected chi connectivity index (χ1v) is 9.12. The Bertz CT molecular complexity index is 726. The molecule has 0 fully saturated rings. The maximum Gasteiger partial charge on any atom is 0.245 e. The van der Waals surface area contributed by atoms with Gasteiger partial charge in [-0.15, -0.1) is 0 Å². The number of amides is 1. The van der Waals surface area contributed by atoms with Gasteiger partial charge in [0.15, 0.2) is 0 Å². The van der Waals surface area contributed by atoms with Gasteiger partial charge in [-0.1, -0.05) is 42.0 Å². The third-order valence-electron chi connectivity index (χ3n) is 3.78. The number of aryl methyl sites for hydroxylation is 1. The standard InChI is InChI=1S/C18H22N2O2S/c1-12-7-9-14(10-8-12)17(19)18(21)20-16-6-4-5-15(13(16)2)11-23(3)22/h4-10,17H,11,19H2,1-3H3,(H,20,21). The lowest BCUT2D eigenvalue weighted by Gasteiger charge is -2.16. The molecular formula is C18H22N2O2S. The summed E-state index contributed by atoms with van der Waals surface area (Å²) >= 11 is 0. The zero-order chi connectivity index (χ0) is 17.0. The molecule has 1 amide bonds. The van der Waals surface area contributed by atoms with Crippen LogP contribution in [0, 0.1) is 13.8 Å². The van der Waals surface area contributed by atoms with Gasteiger partial charge < -0.3 is 11.1 Å². The van der Waals surface area contributed by atoms with Gasteiger partial charge in [0.2, 0.25) is 5.91 Å². The summed E-state index contributed by atoms with van der Waals surface area (Å²) in [5.74, 6) is 0.214. The van der Waals surface area contributed by atoms with Crippen molar-refractivity contribution in [1.29, 1.82) is 0 Å². The molecule has 0 bridgehead atoms. The third-order valence-corrected chi connectivity index (χ3v) is 4.50. The van der Waals surface area contributed by atoms with Crippen molar-refractivity contribution in [2.24, 2.45) is 5.73 Å². The van der Waals surface area contributed by atoms with Crippen molar-refractivity contribution in [3.05, 3.63) is 64.7 Å². The van der Waals surface area contributed by atoms with Crippen molar-refractivity contribution >= 4 is 22.4 Å². The van der Waals surface area contributed by atoms with Gasteiger partial charge in [0.1, 0.15) is 6.04 Å². The summed E-state index contributed by atoms with van der Waals surface area (Å²) < 4.78 is 11.4. The number of benzene rings is 2. The smallest absolute Gasteiger partial charge is 0.245 e. The van der Waals surface area contributed by atoms with E-state index in [2.05, 4.69) is 5.32 Å². The molecule has 2 unspecified atom stereocenters. The van der Waals surface area contributed by atoms with Crippen LogP contribution >= 0.6 is 0 Å². The minimum absolute atomic E-state index is 0.258. The van der Waals surface area contributed by atoms with E-state index in [4.69, 9.17) is 5.73 Å². The Kier molecular flexibility index (Phi) is 5.69. The normalized spacial score (nSPS) is 13.4. The first-order chi connectivity index (χ1) is 10.9. The quantitative estimate of drug-likeness (QED) is 0.885. The molecular weight excluding hydrogens is 308 g/mol. The molecule has 0 saturated carbocycles. The fourth-order valence-corrected chi connectivity index (χ4v) is 3.08. The van der Waals surface area contributed by atoms with E-state index in [1.165, 1.54) is 0 Å². The molecule has 23 heavy (non-hydrogen) atoms. The monoisotopic (exact) mass is 330 g/mol. The molecule has 0 spiro atoms. The summed E-state index contributed by atoms with van der Waals surface area (Å²) in [6, 6.07) is 12.5. The number of rotatable bonds is 5. The minimum atomic E-state index is -0.926. The first-order valence-electron chi connectivity index (χ1n) is 7.40. The molecule has 2 atom stereocenters. The van der Waals surface area contributed by atoms with Gasteiger partial charge in [0.05, 0.1) is 0 Å². The second-order valence-electron chi connectivity index (χ2n) is 5.68. The van der Waals surface area contributed by atoms with Gasteiger partial charge in [-0.2, -0.15) is 0 Å². The predicted octanol–water partition coefficient (Wildman–Crippen LogP) is 2.82. The summed E-state index contributed by atoms with van der Waals surface area (Å²) in [6.45, 7) is 3.90. The number of anilines is 1. The van der Waals surface area contributed by atoms with Crippen LogP contribution in [0.1, 0.15) is 28.3 Å². The summed E-state index contributed by atoms with van der Waals surface area (Å²) in [6.07, 6.45) is 1.66. The number of hydrogen-bond acceptors (Lipinski definition) is 3. The van der Waals surface area contributed by atoms with Crippen molar-refractivity contribution in [2.45, 2.75) is 25.6 Å². The summed E-state index contributed by atoms with van der Waals surface area (Å²) in [5.41, 5.74) is 10.5. The van der Waals surface area contributed by atoms with Crippen molar-refractivity contribution in [3.63, 3.8) is 0 Å². The highest BCUT2D eigenvalue weighted by Gasteiger charge is 2.17. The molecule has 0 aliphatic heterocycles. The molecule has 2 aromatic rings. The summed E-state index contributed by atoms with van der Waals surface area (Å²) in [7, 11) is -0.926. The summed E-state index contributed by atoms with van der Waals surface area (Å²) in [4.78, 5) is 12.4. The number of nitrogens with two attached hydrogens (primary N) is 1. The molecule has 0 aliphatic rings. The van der Waals surface area contributed by atoms with Crippen LogP contribution in [-0.2, 0) is 21.3 Å². The van der Waals surface area contributed by atoms with Gasteiger partial charge >= 0.3 is 0 Å². The lowest BCUT2D eigenvalue weighted by Crippen LogP contribution is -2.28. The van der Waals surface area contributed by atoms with Gasteiger partial charge in [-0.3, -0.25) is 9.00 Å². The Hall–Kier alpha value is -1.98. The van der Waals surface area contributed by atoms with Crippen LogP contribution in [0.15, 0.2) is 42.5 Å². The number of carbonyl (C=O) groups is 1. The number of nitrogens with one attached hydrogen (secondary N) is 1. The Balaban J connectivity index is 2.16. The topological polar surface area (TPSA) is 72.2 Å². The molecule has 4 nitrogen and oxygen atoms in total. The molecule has 0 aromatic heterocycles. The largest absolute Gasteiger partial charge is 0.324 e.